The number of hydrogen-bond acceptors (Lipinski definition) is 8. The van der Waals surface area contributed by atoms with Gasteiger partial charge >= 0.3 is 5.97 Å². The van der Waals surface area contributed by atoms with Crippen LogP contribution in [0.3, 0.4) is 0 Å². The second-order valence-electron chi connectivity index (χ2n) is 9.41. The van der Waals surface area contributed by atoms with Gasteiger partial charge in [-0.3, -0.25) is 9.59 Å². The third-order valence-electron chi connectivity index (χ3n) is 6.67. The van der Waals surface area contributed by atoms with E-state index in [0.29, 0.717) is 53.9 Å². The van der Waals surface area contributed by atoms with Gasteiger partial charge in [-0.05, 0) is 60.9 Å². The van der Waals surface area contributed by atoms with Gasteiger partial charge in [0.05, 0.1) is 33.6 Å². The molecule has 220 valence electrons. The molecule has 0 saturated heterocycles. The largest absolute Gasteiger partial charge is 0.493 e. The Balaban J connectivity index is 1.46. The van der Waals surface area contributed by atoms with E-state index in [2.05, 4.69) is 10.3 Å². The van der Waals surface area contributed by atoms with E-state index in [0.717, 1.165) is 28.1 Å². The number of hydrogen-bond donors (Lipinski definition) is 2. The minimum Gasteiger partial charge on any atom is -0.493 e. The van der Waals surface area contributed by atoms with Crippen LogP contribution in [0.15, 0.2) is 65.1 Å². The van der Waals surface area contributed by atoms with Crippen LogP contribution in [-0.2, 0) is 24.2 Å². The number of carbonyl (C=O) groups excluding carboxylic acids is 1. The Labute approximate surface area is 244 Å². The Hall–Kier alpha value is -4.99. The molecule has 0 aliphatic rings. The van der Waals surface area contributed by atoms with Crippen molar-refractivity contribution in [1.82, 2.24) is 10.3 Å². The van der Waals surface area contributed by atoms with Crippen molar-refractivity contribution in [2.75, 3.05) is 27.9 Å². The molecule has 1 amide bonds. The summed E-state index contributed by atoms with van der Waals surface area (Å²) in [5.74, 6) is 1.73. The molecule has 2 N–H and O–H groups in total. The van der Waals surface area contributed by atoms with Crippen molar-refractivity contribution in [3.8, 4) is 34.5 Å². The number of aryl methyl sites for hydroxylation is 2. The van der Waals surface area contributed by atoms with Crippen LogP contribution >= 0.6 is 0 Å². The van der Waals surface area contributed by atoms with E-state index in [1.165, 1.54) is 21.3 Å². The predicted octanol–water partition coefficient (Wildman–Crippen LogP) is 5.24. The molecule has 0 radical (unpaired) electrons. The number of carbonyl (C=O) groups is 2. The molecule has 0 spiro atoms. The minimum absolute atomic E-state index is 0.0385. The van der Waals surface area contributed by atoms with Gasteiger partial charge in [-0.25, -0.2) is 4.98 Å². The van der Waals surface area contributed by atoms with E-state index >= 15 is 0 Å². The SMILES string of the molecule is COc1cc(C(=O)NCc2cc(OCCc3nc(-c4ccccc4)oc3C)ccc2CCC(=O)O)cc(OC)c1OC. The summed E-state index contributed by atoms with van der Waals surface area (Å²) in [4.78, 5) is 28.9. The third kappa shape index (κ3) is 7.39. The minimum atomic E-state index is -0.902. The Kier molecular flexibility index (Phi) is 10.0. The summed E-state index contributed by atoms with van der Waals surface area (Å²) in [7, 11) is 4.44. The highest BCUT2D eigenvalue weighted by Gasteiger charge is 2.18. The van der Waals surface area contributed by atoms with Crippen molar-refractivity contribution in [3.63, 3.8) is 0 Å². The van der Waals surface area contributed by atoms with E-state index in [4.69, 9.17) is 23.4 Å². The lowest BCUT2D eigenvalue weighted by molar-refractivity contribution is -0.136. The molecular weight excluding hydrogens is 540 g/mol. The van der Waals surface area contributed by atoms with Crippen molar-refractivity contribution in [1.29, 1.82) is 0 Å². The number of nitrogens with zero attached hydrogens (tertiary/aromatic N) is 1. The van der Waals surface area contributed by atoms with Gasteiger partial charge in [-0.15, -0.1) is 0 Å². The average Bonchev–Trinajstić information content (AvgIpc) is 3.38. The van der Waals surface area contributed by atoms with Crippen molar-refractivity contribution >= 4 is 11.9 Å². The molecule has 10 nitrogen and oxygen atoms in total. The van der Waals surface area contributed by atoms with Gasteiger partial charge in [-0.1, -0.05) is 24.3 Å². The van der Waals surface area contributed by atoms with Gasteiger partial charge in [0.2, 0.25) is 11.6 Å². The number of amides is 1. The molecule has 0 aliphatic carbocycles. The number of carboxylic acid groups (broad SMARTS) is 1. The van der Waals surface area contributed by atoms with Crippen molar-refractivity contribution in [2.24, 2.45) is 0 Å². The zero-order chi connectivity index (χ0) is 30.1. The zero-order valence-corrected chi connectivity index (χ0v) is 24.1. The van der Waals surface area contributed by atoms with Gasteiger partial charge < -0.3 is 33.8 Å². The second-order valence-corrected chi connectivity index (χ2v) is 9.41. The molecule has 0 fully saturated rings. The van der Waals surface area contributed by atoms with Gasteiger partial charge in [0.25, 0.3) is 5.91 Å². The summed E-state index contributed by atoms with van der Waals surface area (Å²) >= 11 is 0. The smallest absolute Gasteiger partial charge is 0.303 e. The summed E-state index contributed by atoms with van der Waals surface area (Å²) in [5.41, 5.74) is 3.59. The summed E-state index contributed by atoms with van der Waals surface area (Å²) in [6.07, 6.45) is 0.810. The first-order valence-corrected chi connectivity index (χ1v) is 13.4. The quantitative estimate of drug-likeness (QED) is 0.208. The Morgan fingerprint density at radius 1 is 0.905 bits per heavy atom. The Morgan fingerprint density at radius 3 is 2.26 bits per heavy atom. The van der Waals surface area contributed by atoms with Gasteiger partial charge in [0, 0.05) is 30.5 Å². The van der Waals surface area contributed by atoms with E-state index < -0.39 is 5.97 Å². The van der Waals surface area contributed by atoms with Crippen LogP contribution < -0.4 is 24.3 Å². The number of oxazole rings is 1. The summed E-state index contributed by atoms with van der Waals surface area (Å²) in [6, 6.07) is 18.3. The van der Waals surface area contributed by atoms with Crippen molar-refractivity contribution in [2.45, 2.75) is 32.7 Å². The standard InChI is InChI=1S/C32H34N2O8/c1-20-26(34-32(42-20)22-8-6-5-7-9-22)14-15-41-25-12-10-21(11-13-29(35)36)24(16-25)19-33-31(37)23-17-27(38-2)30(40-4)28(18-23)39-3/h5-10,12,16-18H,11,13-15,19H2,1-4H3,(H,33,37)(H,35,36). The summed E-state index contributed by atoms with van der Waals surface area (Å²) < 4.78 is 27.9. The lowest BCUT2D eigenvalue weighted by Crippen LogP contribution is -2.23. The number of benzene rings is 3. The molecule has 0 saturated carbocycles. The Bertz CT molecular complexity index is 1510. The molecule has 1 aromatic heterocycles. The normalized spacial score (nSPS) is 10.7. The van der Waals surface area contributed by atoms with Crippen LogP contribution in [0.1, 0.15) is 39.4 Å². The summed E-state index contributed by atoms with van der Waals surface area (Å²) in [6.45, 7) is 2.39. The molecule has 4 rings (SSSR count). The van der Waals surface area contributed by atoms with Crippen LogP contribution in [0.2, 0.25) is 0 Å². The predicted molar refractivity (Wildman–Crippen MR) is 156 cm³/mol. The number of aliphatic carboxylic acids is 1. The molecule has 1 heterocycles. The van der Waals surface area contributed by atoms with Crippen LogP contribution in [0, 0.1) is 6.92 Å². The second kappa shape index (κ2) is 14.1. The molecule has 42 heavy (non-hydrogen) atoms. The number of methoxy groups -OCH3 is 3. The number of carboxylic acids is 1. The summed E-state index contributed by atoms with van der Waals surface area (Å²) in [5, 5.41) is 12.1. The maximum absolute atomic E-state index is 13.1. The zero-order valence-electron chi connectivity index (χ0n) is 24.1. The van der Waals surface area contributed by atoms with E-state index in [-0.39, 0.29) is 18.9 Å². The molecule has 0 unspecified atom stereocenters. The van der Waals surface area contributed by atoms with Crippen molar-refractivity contribution in [3.05, 3.63) is 88.8 Å². The lowest BCUT2D eigenvalue weighted by atomic mass is 10.0. The van der Waals surface area contributed by atoms with Gasteiger partial charge in [-0.2, -0.15) is 0 Å². The molecule has 0 bridgehead atoms. The fraction of sp³-hybridized carbons (Fsp3) is 0.281. The van der Waals surface area contributed by atoms with E-state index in [1.807, 2.05) is 49.4 Å². The van der Waals surface area contributed by atoms with Crippen LogP contribution in [0.5, 0.6) is 23.0 Å². The van der Waals surface area contributed by atoms with Crippen LogP contribution in [0.25, 0.3) is 11.5 Å². The van der Waals surface area contributed by atoms with E-state index in [9.17, 15) is 14.7 Å². The molecule has 0 aliphatic heterocycles. The molecular formula is C32H34N2O8. The van der Waals surface area contributed by atoms with E-state index in [1.54, 1.807) is 18.2 Å². The Morgan fingerprint density at radius 2 is 1.62 bits per heavy atom. The molecule has 3 aromatic carbocycles. The monoisotopic (exact) mass is 574 g/mol. The molecule has 0 atom stereocenters. The van der Waals surface area contributed by atoms with Crippen LogP contribution in [0.4, 0.5) is 0 Å². The first-order valence-electron chi connectivity index (χ1n) is 13.4. The van der Waals surface area contributed by atoms with Crippen molar-refractivity contribution < 1.29 is 38.1 Å². The number of nitrogens with one attached hydrogen (secondary N) is 1. The maximum atomic E-state index is 13.1. The highest BCUT2D eigenvalue weighted by Crippen LogP contribution is 2.38. The first-order chi connectivity index (χ1) is 20.3. The number of aromatic nitrogens is 1. The third-order valence-corrected chi connectivity index (χ3v) is 6.67. The lowest BCUT2D eigenvalue weighted by Gasteiger charge is -2.15. The highest BCUT2D eigenvalue weighted by atomic mass is 16.5. The number of ether oxygens (including phenoxy) is 4. The first kappa shape index (κ1) is 30.0. The fourth-order valence-electron chi connectivity index (χ4n) is 4.46. The van der Waals surface area contributed by atoms with Crippen LogP contribution in [-0.4, -0.2) is 49.9 Å². The van der Waals surface area contributed by atoms with Gasteiger partial charge in [0.1, 0.15) is 11.5 Å². The molecule has 10 heteroatoms. The highest BCUT2D eigenvalue weighted by molar-refractivity contribution is 5.95. The average molecular weight is 575 g/mol. The topological polar surface area (TPSA) is 129 Å². The maximum Gasteiger partial charge on any atom is 0.303 e. The van der Waals surface area contributed by atoms with Gasteiger partial charge in [0.15, 0.2) is 11.5 Å². The molecule has 4 aromatic rings. The fourth-order valence-corrected chi connectivity index (χ4v) is 4.46. The number of rotatable bonds is 14.